The van der Waals surface area contributed by atoms with Crippen LogP contribution in [0.2, 0.25) is 0 Å². The number of hydrogen-bond acceptors (Lipinski definition) is 3. The van der Waals surface area contributed by atoms with Gasteiger partial charge in [0.15, 0.2) is 0 Å². The molecule has 4 nitrogen and oxygen atoms in total. The van der Waals surface area contributed by atoms with Gasteiger partial charge in [-0.25, -0.2) is 0 Å². The lowest BCUT2D eigenvalue weighted by molar-refractivity contribution is -0.114. The minimum absolute atomic E-state index is 0.0746. The number of carbonyl (C=O) groups excluding carboxylic acids is 1. The summed E-state index contributed by atoms with van der Waals surface area (Å²) in [7, 11) is 0. The van der Waals surface area contributed by atoms with Crippen LogP contribution in [-0.4, -0.2) is 19.1 Å². The molecule has 0 aliphatic heterocycles. The van der Waals surface area contributed by atoms with Crippen LogP contribution in [0, 0.1) is 5.92 Å². The Kier molecular flexibility index (Phi) is 6.87. The molecule has 2 aromatic carbocycles. The largest absolute Gasteiger partial charge is 0.493 e. The van der Waals surface area contributed by atoms with Crippen LogP contribution in [0.4, 0.5) is 11.4 Å². The van der Waals surface area contributed by atoms with E-state index >= 15 is 0 Å². The van der Waals surface area contributed by atoms with Crippen LogP contribution in [0.15, 0.2) is 48.5 Å². The smallest absolute Gasteiger partial charge is 0.243 e. The van der Waals surface area contributed by atoms with Crippen molar-refractivity contribution in [1.82, 2.24) is 0 Å². The molecule has 0 fully saturated rings. The van der Waals surface area contributed by atoms with Gasteiger partial charge < -0.3 is 15.4 Å². The molecule has 134 valence electrons. The highest BCUT2D eigenvalue weighted by atomic mass is 16.5. The van der Waals surface area contributed by atoms with Gasteiger partial charge in [0, 0.05) is 11.4 Å². The fraction of sp³-hybridized carbons (Fsp3) is 0.381. The van der Waals surface area contributed by atoms with Gasteiger partial charge in [0.05, 0.1) is 13.2 Å². The highest BCUT2D eigenvalue weighted by Gasteiger charge is 2.08. The first-order valence-corrected chi connectivity index (χ1v) is 8.81. The summed E-state index contributed by atoms with van der Waals surface area (Å²) in [6.45, 7) is 9.42. The summed E-state index contributed by atoms with van der Waals surface area (Å²) < 4.78 is 5.64. The van der Waals surface area contributed by atoms with Crippen molar-refractivity contribution in [2.75, 3.05) is 23.8 Å². The highest BCUT2D eigenvalue weighted by molar-refractivity contribution is 5.93. The number of amides is 1. The van der Waals surface area contributed by atoms with Crippen LogP contribution in [0.3, 0.4) is 0 Å². The molecule has 0 spiro atoms. The van der Waals surface area contributed by atoms with Crippen molar-refractivity contribution in [3.05, 3.63) is 54.1 Å². The molecule has 0 saturated carbocycles. The molecule has 0 aliphatic rings. The molecule has 0 aromatic heterocycles. The first-order valence-electron chi connectivity index (χ1n) is 8.81. The molecule has 2 N–H and O–H groups in total. The van der Waals surface area contributed by atoms with Crippen LogP contribution >= 0.6 is 0 Å². The molecular formula is C21H28N2O2. The third kappa shape index (κ3) is 6.14. The minimum Gasteiger partial charge on any atom is -0.493 e. The van der Waals surface area contributed by atoms with E-state index in [0.717, 1.165) is 17.1 Å². The van der Waals surface area contributed by atoms with Crippen molar-refractivity contribution in [3.8, 4) is 5.75 Å². The zero-order valence-corrected chi connectivity index (χ0v) is 15.5. The van der Waals surface area contributed by atoms with Crippen molar-refractivity contribution in [3.63, 3.8) is 0 Å². The number of nitrogens with one attached hydrogen (secondary N) is 2. The predicted octanol–water partition coefficient (Wildman–Crippen LogP) is 4.90. The Bertz CT molecular complexity index is 679. The summed E-state index contributed by atoms with van der Waals surface area (Å²) in [5.74, 6) is 1.63. The fourth-order valence-electron chi connectivity index (χ4n) is 2.44. The third-order valence-corrected chi connectivity index (χ3v) is 3.74. The van der Waals surface area contributed by atoms with E-state index in [1.165, 1.54) is 5.56 Å². The molecule has 4 heteroatoms. The van der Waals surface area contributed by atoms with Crippen molar-refractivity contribution >= 4 is 17.3 Å². The van der Waals surface area contributed by atoms with Gasteiger partial charge in [-0.2, -0.15) is 0 Å². The van der Waals surface area contributed by atoms with Crippen LogP contribution in [0.25, 0.3) is 0 Å². The quantitative estimate of drug-likeness (QED) is 0.719. The van der Waals surface area contributed by atoms with Gasteiger partial charge in [0.2, 0.25) is 5.91 Å². The fourth-order valence-corrected chi connectivity index (χ4v) is 2.44. The van der Waals surface area contributed by atoms with Gasteiger partial charge in [-0.1, -0.05) is 45.9 Å². The Morgan fingerprint density at radius 1 is 1.00 bits per heavy atom. The standard InChI is InChI=1S/C21H28N2O2/c1-15(2)14-25-18-11-9-17(10-12-18)23-21(24)13-22-20-8-6-5-7-19(20)16(3)4/h5-12,15-16,22H,13-14H2,1-4H3,(H,23,24). The van der Waals surface area contributed by atoms with Gasteiger partial charge in [0.1, 0.15) is 5.75 Å². The van der Waals surface area contributed by atoms with E-state index < -0.39 is 0 Å². The Balaban J connectivity index is 1.86. The zero-order chi connectivity index (χ0) is 18.2. The van der Waals surface area contributed by atoms with Gasteiger partial charge in [-0.3, -0.25) is 4.79 Å². The van der Waals surface area contributed by atoms with Crippen LogP contribution in [-0.2, 0) is 4.79 Å². The molecule has 25 heavy (non-hydrogen) atoms. The molecule has 0 heterocycles. The van der Waals surface area contributed by atoms with Gasteiger partial charge in [0.25, 0.3) is 0 Å². The van der Waals surface area contributed by atoms with Gasteiger partial charge in [-0.15, -0.1) is 0 Å². The summed E-state index contributed by atoms with van der Waals surface area (Å²) in [5, 5.41) is 6.12. The lowest BCUT2D eigenvalue weighted by Gasteiger charge is -2.14. The number of rotatable bonds is 8. The molecule has 0 aliphatic carbocycles. The summed E-state index contributed by atoms with van der Waals surface area (Å²) in [4.78, 5) is 12.2. The normalized spacial score (nSPS) is 10.8. The molecule has 1 amide bonds. The van der Waals surface area contributed by atoms with Crippen LogP contribution in [0.1, 0.15) is 39.2 Å². The van der Waals surface area contributed by atoms with Crippen molar-refractivity contribution in [1.29, 1.82) is 0 Å². The molecule has 0 bridgehead atoms. The molecule has 0 atom stereocenters. The third-order valence-electron chi connectivity index (χ3n) is 3.74. The van der Waals surface area contributed by atoms with E-state index in [-0.39, 0.29) is 12.5 Å². The Morgan fingerprint density at radius 2 is 1.68 bits per heavy atom. The minimum atomic E-state index is -0.0746. The number of carbonyl (C=O) groups is 1. The summed E-state index contributed by atoms with van der Waals surface area (Å²) in [6, 6.07) is 15.5. The maximum absolute atomic E-state index is 12.2. The van der Waals surface area contributed by atoms with Crippen molar-refractivity contribution in [2.24, 2.45) is 5.92 Å². The Labute approximate surface area is 150 Å². The van der Waals surface area contributed by atoms with E-state index in [9.17, 15) is 4.79 Å². The number of hydrogen-bond donors (Lipinski definition) is 2. The van der Waals surface area contributed by atoms with Crippen molar-refractivity contribution < 1.29 is 9.53 Å². The molecule has 0 unspecified atom stereocenters. The molecular weight excluding hydrogens is 312 g/mol. The monoisotopic (exact) mass is 340 g/mol. The second kappa shape index (κ2) is 9.11. The molecule has 2 rings (SSSR count). The Morgan fingerprint density at radius 3 is 2.32 bits per heavy atom. The van der Waals surface area contributed by atoms with Crippen molar-refractivity contribution in [2.45, 2.75) is 33.6 Å². The SMILES string of the molecule is CC(C)COc1ccc(NC(=O)CNc2ccccc2C(C)C)cc1. The van der Waals surface area contributed by atoms with E-state index in [0.29, 0.717) is 18.4 Å². The maximum atomic E-state index is 12.2. The summed E-state index contributed by atoms with van der Waals surface area (Å²) in [6.07, 6.45) is 0. The van der Waals surface area contributed by atoms with Crippen LogP contribution in [0.5, 0.6) is 5.75 Å². The zero-order valence-electron chi connectivity index (χ0n) is 15.5. The average Bonchev–Trinajstić information content (AvgIpc) is 2.59. The Hall–Kier alpha value is -2.49. The summed E-state index contributed by atoms with van der Waals surface area (Å²) >= 11 is 0. The number of ether oxygens (including phenoxy) is 1. The number of anilines is 2. The van der Waals surface area contributed by atoms with E-state index in [1.54, 1.807) is 0 Å². The van der Waals surface area contributed by atoms with E-state index in [4.69, 9.17) is 4.74 Å². The second-order valence-corrected chi connectivity index (χ2v) is 6.87. The predicted molar refractivity (Wildman–Crippen MR) is 104 cm³/mol. The average molecular weight is 340 g/mol. The molecule has 2 aromatic rings. The highest BCUT2D eigenvalue weighted by Crippen LogP contribution is 2.23. The van der Waals surface area contributed by atoms with E-state index in [1.807, 2.05) is 42.5 Å². The lowest BCUT2D eigenvalue weighted by Crippen LogP contribution is -2.22. The van der Waals surface area contributed by atoms with Crippen LogP contribution < -0.4 is 15.4 Å². The first-order chi connectivity index (χ1) is 12.0. The molecule has 0 saturated heterocycles. The van der Waals surface area contributed by atoms with Gasteiger partial charge in [-0.05, 0) is 47.7 Å². The number of para-hydroxylation sites is 1. The second-order valence-electron chi connectivity index (χ2n) is 6.87. The number of benzene rings is 2. The van der Waals surface area contributed by atoms with Gasteiger partial charge >= 0.3 is 0 Å². The lowest BCUT2D eigenvalue weighted by atomic mass is 10.0. The van der Waals surface area contributed by atoms with E-state index in [2.05, 4.69) is 44.4 Å². The summed E-state index contributed by atoms with van der Waals surface area (Å²) in [5.41, 5.74) is 2.98. The topological polar surface area (TPSA) is 50.4 Å². The molecule has 0 radical (unpaired) electrons. The maximum Gasteiger partial charge on any atom is 0.243 e. The first kappa shape index (κ1) is 18.8.